The molecule has 1 aromatic heterocycles. The Morgan fingerprint density at radius 2 is 2.05 bits per heavy atom. The average Bonchev–Trinajstić information content (AvgIpc) is 2.86. The molecule has 0 amide bonds. The van der Waals surface area contributed by atoms with Crippen LogP contribution < -0.4 is 10.6 Å². The van der Waals surface area contributed by atoms with Gasteiger partial charge in [-0.2, -0.15) is 5.10 Å². The van der Waals surface area contributed by atoms with Gasteiger partial charge in [0.25, 0.3) is 0 Å². The van der Waals surface area contributed by atoms with E-state index in [4.69, 9.17) is 0 Å². The van der Waals surface area contributed by atoms with Gasteiger partial charge in [0.2, 0.25) is 0 Å². The highest BCUT2D eigenvalue weighted by Gasteiger charge is 2.10. The van der Waals surface area contributed by atoms with Crippen molar-refractivity contribution in [1.82, 2.24) is 25.3 Å². The molecule has 0 aliphatic carbocycles. The molecule has 0 radical (unpaired) electrons. The third-order valence-corrected chi connectivity index (χ3v) is 3.58. The maximum atomic E-state index is 4.25. The van der Waals surface area contributed by atoms with Gasteiger partial charge in [-0.25, -0.2) is 0 Å². The summed E-state index contributed by atoms with van der Waals surface area (Å²) in [5.74, 6) is 0.824. The molecule has 21 heavy (non-hydrogen) atoms. The van der Waals surface area contributed by atoms with Gasteiger partial charge in [0.15, 0.2) is 5.96 Å². The number of aryl methyl sites for hydroxylation is 1. The Hall–Kier alpha value is -0.830. The van der Waals surface area contributed by atoms with E-state index in [0.29, 0.717) is 6.04 Å². The van der Waals surface area contributed by atoms with Crippen molar-refractivity contribution in [3.63, 3.8) is 0 Å². The lowest BCUT2D eigenvalue weighted by atomic mass is 10.3. The highest BCUT2D eigenvalue weighted by Crippen LogP contribution is 1.97. The van der Waals surface area contributed by atoms with Gasteiger partial charge in [-0.15, -0.1) is 24.0 Å². The monoisotopic (exact) mass is 408 g/mol. The zero-order valence-corrected chi connectivity index (χ0v) is 16.1. The molecule has 0 spiro atoms. The predicted octanol–water partition coefficient (Wildman–Crippen LogP) is 1.43. The molecule has 1 atom stereocenters. The van der Waals surface area contributed by atoms with Crippen LogP contribution in [0.4, 0.5) is 0 Å². The van der Waals surface area contributed by atoms with Crippen LogP contribution in [0.25, 0.3) is 0 Å². The summed E-state index contributed by atoms with van der Waals surface area (Å²) in [5.41, 5.74) is 1.13. The number of aromatic nitrogens is 2. The van der Waals surface area contributed by atoms with Crippen LogP contribution in [-0.4, -0.2) is 53.4 Å². The summed E-state index contributed by atoms with van der Waals surface area (Å²) in [6, 6.07) is 2.49. The van der Waals surface area contributed by atoms with Gasteiger partial charge < -0.3 is 10.6 Å². The number of hydrogen-bond acceptors (Lipinski definition) is 3. The molecule has 7 heteroatoms. The fourth-order valence-electron chi connectivity index (χ4n) is 2.19. The summed E-state index contributed by atoms with van der Waals surface area (Å²) >= 11 is 0. The first-order valence-corrected chi connectivity index (χ1v) is 7.27. The minimum absolute atomic E-state index is 0. The molecule has 1 aromatic rings. The lowest BCUT2D eigenvalue weighted by molar-refractivity contribution is 0.231. The second kappa shape index (κ2) is 10.8. The molecule has 1 rings (SSSR count). The van der Waals surface area contributed by atoms with Crippen LogP contribution in [-0.2, 0) is 13.6 Å². The average molecular weight is 408 g/mol. The second-order valence-electron chi connectivity index (χ2n) is 4.82. The minimum atomic E-state index is 0. The van der Waals surface area contributed by atoms with Crippen LogP contribution >= 0.6 is 24.0 Å². The number of guanidine groups is 1. The summed E-state index contributed by atoms with van der Waals surface area (Å²) in [7, 11) is 3.73. The third-order valence-electron chi connectivity index (χ3n) is 3.58. The quantitative estimate of drug-likeness (QED) is 0.407. The van der Waals surface area contributed by atoms with E-state index in [1.54, 1.807) is 13.2 Å². The number of hydrogen-bond donors (Lipinski definition) is 2. The standard InChI is InChI=1S/C14H28N6.HI/c1-6-20(7-2)12(3)10-16-14(15-4)17-11-13-8-9-18-19(13)5;/h8-9,12H,6-7,10-11H2,1-5H3,(H2,15,16,17);1H. The van der Waals surface area contributed by atoms with Crippen LogP contribution in [0.15, 0.2) is 17.3 Å². The van der Waals surface area contributed by atoms with Crippen molar-refractivity contribution in [2.24, 2.45) is 12.0 Å². The number of halogens is 1. The fraction of sp³-hybridized carbons (Fsp3) is 0.714. The molecule has 0 bridgehead atoms. The van der Waals surface area contributed by atoms with Crippen molar-refractivity contribution in [1.29, 1.82) is 0 Å². The first-order chi connectivity index (χ1) is 9.62. The van der Waals surface area contributed by atoms with Crippen molar-refractivity contribution >= 4 is 29.9 Å². The summed E-state index contributed by atoms with van der Waals surface area (Å²) in [6.45, 7) is 10.3. The van der Waals surface area contributed by atoms with E-state index in [1.165, 1.54) is 0 Å². The molecule has 1 unspecified atom stereocenters. The first kappa shape index (κ1) is 20.2. The van der Waals surface area contributed by atoms with E-state index < -0.39 is 0 Å². The molecule has 0 aliphatic heterocycles. The normalized spacial score (nSPS) is 13.0. The zero-order valence-electron chi connectivity index (χ0n) is 13.8. The second-order valence-corrected chi connectivity index (χ2v) is 4.82. The van der Waals surface area contributed by atoms with Crippen molar-refractivity contribution in [3.8, 4) is 0 Å². The molecule has 0 saturated carbocycles. The van der Waals surface area contributed by atoms with Crippen molar-refractivity contribution in [2.45, 2.75) is 33.4 Å². The number of likely N-dealkylation sites (N-methyl/N-ethyl adjacent to an activating group) is 1. The maximum absolute atomic E-state index is 4.25. The predicted molar refractivity (Wildman–Crippen MR) is 99.2 cm³/mol. The number of aliphatic imine (C=N–C) groups is 1. The smallest absolute Gasteiger partial charge is 0.191 e. The van der Waals surface area contributed by atoms with Crippen molar-refractivity contribution in [2.75, 3.05) is 26.7 Å². The molecule has 1 heterocycles. The van der Waals surface area contributed by atoms with Gasteiger partial charge in [0.1, 0.15) is 0 Å². The Kier molecular flexibility index (Phi) is 10.4. The number of nitrogens with one attached hydrogen (secondary N) is 2. The van der Waals surface area contributed by atoms with Crippen LogP contribution in [0.2, 0.25) is 0 Å². The third kappa shape index (κ3) is 6.64. The number of rotatable bonds is 7. The minimum Gasteiger partial charge on any atom is -0.355 e. The highest BCUT2D eigenvalue weighted by atomic mass is 127. The first-order valence-electron chi connectivity index (χ1n) is 7.27. The van der Waals surface area contributed by atoms with E-state index >= 15 is 0 Å². The van der Waals surface area contributed by atoms with E-state index in [-0.39, 0.29) is 24.0 Å². The Morgan fingerprint density at radius 3 is 2.52 bits per heavy atom. The van der Waals surface area contributed by atoms with Gasteiger partial charge in [0.05, 0.1) is 12.2 Å². The summed E-state index contributed by atoms with van der Waals surface area (Å²) in [4.78, 5) is 6.66. The zero-order chi connectivity index (χ0) is 15.0. The van der Waals surface area contributed by atoms with E-state index in [1.807, 2.05) is 17.8 Å². The summed E-state index contributed by atoms with van der Waals surface area (Å²) < 4.78 is 1.86. The molecule has 6 nitrogen and oxygen atoms in total. The highest BCUT2D eigenvalue weighted by molar-refractivity contribution is 14.0. The van der Waals surface area contributed by atoms with Crippen LogP contribution in [0.3, 0.4) is 0 Å². The van der Waals surface area contributed by atoms with Crippen molar-refractivity contribution < 1.29 is 0 Å². The van der Waals surface area contributed by atoms with Gasteiger partial charge >= 0.3 is 0 Å². The van der Waals surface area contributed by atoms with Crippen LogP contribution in [0, 0.1) is 0 Å². The van der Waals surface area contributed by atoms with E-state index in [9.17, 15) is 0 Å². The summed E-state index contributed by atoms with van der Waals surface area (Å²) in [5, 5.41) is 10.8. The molecular weight excluding hydrogens is 379 g/mol. The molecule has 2 N–H and O–H groups in total. The molecule has 0 saturated heterocycles. The molecule has 0 aromatic carbocycles. The maximum Gasteiger partial charge on any atom is 0.191 e. The van der Waals surface area contributed by atoms with E-state index in [2.05, 4.69) is 46.4 Å². The SMILES string of the molecule is CCN(CC)C(C)CNC(=NC)NCc1ccnn1C.I. The Labute approximate surface area is 145 Å². The van der Waals surface area contributed by atoms with Gasteiger partial charge in [0, 0.05) is 32.9 Å². The van der Waals surface area contributed by atoms with Crippen molar-refractivity contribution in [3.05, 3.63) is 18.0 Å². The van der Waals surface area contributed by atoms with Crippen LogP contribution in [0.1, 0.15) is 26.5 Å². The Morgan fingerprint density at radius 1 is 1.38 bits per heavy atom. The van der Waals surface area contributed by atoms with Crippen LogP contribution in [0.5, 0.6) is 0 Å². The lowest BCUT2D eigenvalue weighted by Crippen LogP contribution is -2.45. The number of nitrogens with zero attached hydrogens (tertiary/aromatic N) is 4. The van der Waals surface area contributed by atoms with E-state index in [0.717, 1.165) is 37.8 Å². The Balaban J connectivity index is 0.00000400. The topological polar surface area (TPSA) is 57.5 Å². The lowest BCUT2D eigenvalue weighted by Gasteiger charge is -2.27. The largest absolute Gasteiger partial charge is 0.355 e. The molecule has 0 fully saturated rings. The van der Waals surface area contributed by atoms with Gasteiger partial charge in [-0.1, -0.05) is 13.8 Å². The molecule has 0 aliphatic rings. The molecular formula is C14H29IN6. The summed E-state index contributed by atoms with van der Waals surface area (Å²) in [6.07, 6.45) is 1.80. The molecule has 122 valence electrons. The van der Waals surface area contributed by atoms with Gasteiger partial charge in [-0.3, -0.25) is 14.6 Å². The van der Waals surface area contributed by atoms with Gasteiger partial charge in [-0.05, 0) is 26.1 Å². The Bertz CT molecular complexity index is 413. The fourth-order valence-corrected chi connectivity index (χ4v) is 2.19.